The topological polar surface area (TPSA) is 78.2 Å². The largest absolute Gasteiger partial charge is 0.398 e. The number of benzene rings is 1. The van der Waals surface area contributed by atoms with Crippen LogP contribution in [0.25, 0.3) is 5.65 Å². The van der Waals surface area contributed by atoms with Gasteiger partial charge in [0.1, 0.15) is 0 Å². The second kappa shape index (κ2) is 3.99. The first-order valence-corrected chi connectivity index (χ1v) is 5.48. The maximum Gasteiger partial charge on any atom is 0.350 e. The first-order valence-electron chi connectivity index (χ1n) is 5.48. The van der Waals surface area contributed by atoms with Crippen molar-refractivity contribution in [2.75, 3.05) is 5.73 Å². The predicted molar refractivity (Wildman–Crippen MR) is 67.2 cm³/mol. The molecule has 18 heavy (non-hydrogen) atoms. The molecule has 0 aliphatic heterocycles. The summed E-state index contributed by atoms with van der Waals surface area (Å²) >= 11 is 0. The number of para-hydroxylation sites is 1. The van der Waals surface area contributed by atoms with E-state index in [0.717, 1.165) is 5.56 Å². The molecule has 2 N–H and O–H groups in total. The van der Waals surface area contributed by atoms with Gasteiger partial charge in [-0.25, -0.2) is 13.9 Å². The molecule has 1 aromatic carbocycles. The van der Waals surface area contributed by atoms with E-state index in [1.807, 2.05) is 18.2 Å². The molecule has 3 rings (SSSR count). The first-order chi connectivity index (χ1) is 8.75. The van der Waals surface area contributed by atoms with Gasteiger partial charge in [-0.1, -0.05) is 18.2 Å². The highest BCUT2D eigenvalue weighted by atomic mass is 16.2. The van der Waals surface area contributed by atoms with E-state index in [0.29, 0.717) is 17.9 Å². The van der Waals surface area contributed by atoms with Crippen molar-refractivity contribution in [2.24, 2.45) is 0 Å². The zero-order chi connectivity index (χ0) is 12.5. The molecule has 0 fully saturated rings. The Balaban J connectivity index is 2.09. The molecule has 3 aromatic rings. The molecule has 2 aromatic heterocycles. The monoisotopic (exact) mass is 241 g/mol. The lowest BCUT2D eigenvalue weighted by Gasteiger charge is -2.03. The van der Waals surface area contributed by atoms with Crippen LogP contribution in [0.4, 0.5) is 5.69 Å². The van der Waals surface area contributed by atoms with E-state index in [9.17, 15) is 4.79 Å². The Morgan fingerprint density at radius 2 is 2.11 bits per heavy atom. The van der Waals surface area contributed by atoms with Crippen LogP contribution in [-0.4, -0.2) is 19.2 Å². The number of fused-ring (bicyclic) bond motifs is 1. The van der Waals surface area contributed by atoms with Crippen LogP contribution >= 0.6 is 0 Å². The SMILES string of the molecule is Nc1ccccc1Cn1nc2cnccn2c1=O. The molecule has 0 radical (unpaired) electrons. The number of rotatable bonds is 2. The van der Waals surface area contributed by atoms with Crippen molar-refractivity contribution < 1.29 is 0 Å². The van der Waals surface area contributed by atoms with Crippen molar-refractivity contribution in [3.63, 3.8) is 0 Å². The van der Waals surface area contributed by atoms with Crippen LogP contribution in [0.5, 0.6) is 0 Å². The third kappa shape index (κ3) is 1.64. The Morgan fingerprint density at radius 3 is 2.89 bits per heavy atom. The van der Waals surface area contributed by atoms with Crippen molar-refractivity contribution in [1.82, 2.24) is 19.2 Å². The summed E-state index contributed by atoms with van der Waals surface area (Å²) in [5.41, 5.74) is 7.70. The maximum atomic E-state index is 12.0. The van der Waals surface area contributed by atoms with Gasteiger partial charge in [-0.3, -0.25) is 4.98 Å². The van der Waals surface area contributed by atoms with Crippen molar-refractivity contribution in [3.8, 4) is 0 Å². The smallest absolute Gasteiger partial charge is 0.350 e. The average molecular weight is 241 g/mol. The molecule has 0 amide bonds. The van der Waals surface area contributed by atoms with Crippen molar-refractivity contribution in [3.05, 3.63) is 58.9 Å². The molecule has 0 atom stereocenters. The Morgan fingerprint density at radius 1 is 1.28 bits per heavy atom. The van der Waals surface area contributed by atoms with E-state index in [4.69, 9.17) is 5.73 Å². The van der Waals surface area contributed by atoms with Gasteiger partial charge in [0.05, 0.1) is 12.7 Å². The van der Waals surface area contributed by atoms with Crippen LogP contribution < -0.4 is 11.4 Å². The van der Waals surface area contributed by atoms with Gasteiger partial charge in [-0.2, -0.15) is 0 Å². The van der Waals surface area contributed by atoms with E-state index in [1.54, 1.807) is 24.7 Å². The lowest BCUT2D eigenvalue weighted by Crippen LogP contribution is -2.22. The minimum absolute atomic E-state index is 0.198. The van der Waals surface area contributed by atoms with Gasteiger partial charge in [-0.15, -0.1) is 5.10 Å². The highest BCUT2D eigenvalue weighted by Gasteiger charge is 2.07. The zero-order valence-electron chi connectivity index (χ0n) is 9.52. The Kier molecular flexibility index (Phi) is 2.33. The van der Waals surface area contributed by atoms with Crippen LogP contribution in [0, 0.1) is 0 Å². The molecule has 6 heteroatoms. The normalized spacial score (nSPS) is 10.9. The van der Waals surface area contributed by atoms with E-state index in [2.05, 4.69) is 10.1 Å². The summed E-state index contributed by atoms with van der Waals surface area (Å²) in [5.74, 6) is 0. The van der Waals surface area contributed by atoms with Gasteiger partial charge in [0.15, 0.2) is 5.65 Å². The van der Waals surface area contributed by atoms with Gasteiger partial charge < -0.3 is 5.73 Å². The Labute approximate surface area is 102 Å². The van der Waals surface area contributed by atoms with Crippen LogP contribution in [0.15, 0.2) is 47.7 Å². The molecule has 0 saturated carbocycles. The molecule has 0 aliphatic rings. The van der Waals surface area contributed by atoms with E-state index < -0.39 is 0 Å². The summed E-state index contributed by atoms with van der Waals surface area (Å²) in [4.78, 5) is 16.0. The number of hydrogen-bond acceptors (Lipinski definition) is 4. The highest BCUT2D eigenvalue weighted by Crippen LogP contribution is 2.11. The highest BCUT2D eigenvalue weighted by molar-refractivity contribution is 5.46. The van der Waals surface area contributed by atoms with Gasteiger partial charge in [0.25, 0.3) is 0 Å². The predicted octanol–water partition coefficient (Wildman–Crippen LogP) is 0.521. The maximum absolute atomic E-state index is 12.0. The summed E-state index contributed by atoms with van der Waals surface area (Å²) in [5, 5.41) is 4.20. The van der Waals surface area contributed by atoms with Crippen LogP contribution in [0.2, 0.25) is 0 Å². The molecule has 6 nitrogen and oxygen atoms in total. The molecule has 0 aliphatic carbocycles. The number of nitrogen functional groups attached to an aromatic ring is 1. The van der Waals surface area contributed by atoms with Crippen LogP contribution in [0.1, 0.15) is 5.56 Å². The minimum atomic E-state index is -0.198. The second-order valence-electron chi connectivity index (χ2n) is 3.94. The third-order valence-electron chi connectivity index (χ3n) is 2.76. The fourth-order valence-corrected chi connectivity index (χ4v) is 1.82. The number of anilines is 1. The van der Waals surface area contributed by atoms with Crippen molar-refractivity contribution >= 4 is 11.3 Å². The zero-order valence-corrected chi connectivity index (χ0v) is 9.52. The lowest BCUT2D eigenvalue weighted by atomic mass is 10.2. The summed E-state index contributed by atoms with van der Waals surface area (Å²) in [6.07, 6.45) is 4.69. The van der Waals surface area contributed by atoms with Gasteiger partial charge in [0.2, 0.25) is 0 Å². The lowest BCUT2D eigenvalue weighted by molar-refractivity contribution is 0.660. The van der Waals surface area contributed by atoms with Crippen LogP contribution in [-0.2, 0) is 6.54 Å². The first kappa shape index (κ1) is 10.5. The fraction of sp³-hybridized carbons (Fsp3) is 0.0833. The molecule has 2 heterocycles. The van der Waals surface area contributed by atoms with E-state index in [1.165, 1.54) is 9.08 Å². The third-order valence-corrected chi connectivity index (χ3v) is 2.76. The fourth-order valence-electron chi connectivity index (χ4n) is 1.82. The number of aromatic nitrogens is 4. The van der Waals surface area contributed by atoms with Crippen molar-refractivity contribution in [2.45, 2.75) is 6.54 Å². The number of nitrogens with zero attached hydrogens (tertiary/aromatic N) is 4. The Bertz CT molecular complexity index is 758. The molecule has 90 valence electrons. The molecular formula is C12H11N5O. The van der Waals surface area contributed by atoms with Gasteiger partial charge in [-0.05, 0) is 11.6 Å². The van der Waals surface area contributed by atoms with E-state index in [-0.39, 0.29) is 5.69 Å². The number of nitrogens with two attached hydrogens (primary N) is 1. The summed E-state index contributed by atoms with van der Waals surface area (Å²) in [6.45, 7) is 0.354. The molecule has 0 spiro atoms. The molecular weight excluding hydrogens is 230 g/mol. The molecule has 0 saturated heterocycles. The second-order valence-corrected chi connectivity index (χ2v) is 3.94. The van der Waals surface area contributed by atoms with Gasteiger partial charge in [0, 0.05) is 18.1 Å². The quantitative estimate of drug-likeness (QED) is 0.663. The van der Waals surface area contributed by atoms with E-state index >= 15 is 0 Å². The molecule has 0 unspecified atom stereocenters. The summed E-state index contributed by atoms with van der Waals surface area (Å²) < 4.78 is 2.83. The summed E-state index contributed by atoms with van der Waals surface area (Å²) in [7, 11) is 0. The van der Waals surface area contributed by atoms with Gasteiger partial charge >= 0.3 is 5.69 Å². The minimum Gasteiger partial charge on any atom is -0.398 e. The Hall–Kier alpha value is -2.63. The summed E-state index contributed by atoms with van der Waals surface area (Å²) in [6, 6.07) is 7.42. The average Bonchev–Trinajstić information content (AvgIpc) is 2.70. The van der Waals surface area contributed by atoms with Crippen LogP contribution in [0.3, 0.4) is 0 Å². The standard InChI is InChI=1S/C12H11N5O/c13-10-4-2-1-3-9(10)8-17-12(18)16-6-5-14-7-11(16)15-17/h1-7H,8,13H2. The van der Waals surface area contributed by atoms with Crippen molar-refractivity contribution in [1.29, 1.82) is 0 Å². The molecule has 0 bridgehead atoms. The number of hydrogen-bond donors (Lipinski definition) is 1.